The minimum Gasteiger partial charge on any atom is -0.380 e. The average molecular weight is 299 g/mol. The summed E-state index contributed by atoms with van der Waals surface area (Å²) in [6.07, 6.45) is 2.08. The number of carbonyl (C=O) groups is 1. The molecule has 5 heteroatoms. The molecule has 1 fully saturated rings. The van der Waals surface area contributed by atoms with Crippen molar-refractivity contribution in [1.82, 2.24) is 10.6 Å². The molecular weight excluding hydrogens is 276 g/mol. The van der Waals surface area contributed by atoms with Crippen LogP contribution in [0.25, 0.3) is 0 Å². The number of hydrogen-bond donors (Lipinski definition) is 2. The molecule has 1 heterocycles. The molecule has 0 spiro atoms. The van der Waals surface area contributed by atoms with Gasteiger partial charge in [-0.2, -0.15) is 0 Å². The van der Waals surface area contributed by atoms with E-state index in [4.69, 9.17) is 4.74 Å². The number of nitrogens with one attached hydrogen (secondary N) is 2. The summed E-state index contributed by atoms with van der Waals surface area (Å²) in [6.45, 7) is 3.06. The molecule has 1 atom stereocenters. The van der Waals surface area contributed by atoms with Gasteiger partial charge in [0.15, 0.2) is 0 Å². The number of carbonyl (C=O) groups excluding carboxylic acids is 1. The highest BCUT2D eigenvalue weighted by Crippen LogP contribution is 2.10. The predicted molar refractivity (Wildman–Crippen MR) is 81.8 cm³/mol. The van der Waals surface area contributed by atoms with Gasteiger partial charge in [0.05, 0.1) is 12.5 Å². The lowest BCUT2D eigenvalue weighted by Crippen LogP contribution is -2.40. The third kappa shape index (κ3) is 5.12. The smallest absolute Gasteiger partial charge is 0.224 e. The van der Waals surface area contributed by atoms with Gasteiger partial charge in [0.1, 0.15) is 0 Å². The second kappa shape index (κ2) is 8.95. The summed E-state index contributed by atoms with van der Waals surface area (Å²) in [5.74, 6) is 0.287. The van der Waals surface area contributed by atoms with Crippen LogP contribution in [0.5, 0.6) is 0 Å². The Morgan fingerprint density at radius 3 is 2.65 bits per heavy atom. The molecule has 0 aromatic heterocycles. The largest absolute Gasteiger partial charge is 0.380 e. The molecule has 0 bridgehead atoms. The van der Waals surface area contributed by atoms with Gasteiger partial charge in [-0.3, -0.25) is 4.79 Å². The summed E-state index contributed by atoms with van der Waals surface area (Å²) in [4.78, 5) is 12.0. The molecule has 1 amide bonds. The van der Waals surface area contributed by atoms with Crippen molar-refractivity contribution in [1.29, 1.82) is 0 Å². The van der Waals surface area contributed by atoms with Gasteiger partial charge in [-0.15, -0.1) is 12.4 Å². The molecule has 0 saturated carbocycles. The quantitative estimate of drug-likeness (QED) is 0.872. The number of hydrogen-bond acceptors (Lipinski definition) is 3. The minimum atomic E-state index is 0. The van der Waals surface area contributed by atoms with E-state index >= 15 is 0 Å². The van der Waals surface area contributed by atoms with Crippen molar-refractivity contribution in [2.24, 2.45) is 5.92 Å². The minimum absolute atomic E-state index is 0. The Kier molecular flexibility index (Phi) is 7.59. The first kappa shape index (κ1) is 17.0. The zero-order valence-corrected chi connectivity index (χ0v) is 12.7. The molecule has 2 N–H and O–H groups in total. The van der Waals surface area contributed by atoms with Gasteiger partial charge in [0.2, 0.25) is 5.91 Å². The molecule has 2 rings (SSSR count). The third-order valence-corrected chi connectivity index (χ3v) is 3.47. The lowest BCUT2D eigenvalue weighted by molar-refractivity contribution is -0.125. The van der Waals surface area contributed by atoms with Gasteiger partial charge in [0, 0.05) is 20.2 Å². The molecule has 1 aromatic rings. The predicted octanol–water partition coefficient (Wildman–Crippen LogP) is 1.87. The van der Waals surface area contributed by atoms with E-state index in [0.29, 0.717) is 13.2 Å². The van der Waals surface area contributed by atoms with Crippen molar-refractivity contribution in [2.75, 3.05) is 20.2 Å². The summed E-state index contributed by atoms with van der Waals surface area (Å²) in [6, 6.07) is 8.14. The van der Waals surface area contributed by atoms with E-state index < -0.39 is 0 Å². The zero-order valence-electron chi connectivity index (χ0n) is 11.9. The second-order valence-corrected chi connectivity index (χ2v) is 5.01. The summed E-state index contributed by atoms with van der Waals surface area (Å²) < 4.78 is 5.07. The van der Waals surface area contributed by atoms with E-state index in [2.05, 4.69) is 10.6 Å². The lowest BCUT2D eigenvalue weighted by Gasteiger charge is -2.21. The summed E-state index contributed by atoms with van der Waals surface area (Å²) >= 11 is 0. The van der Waals surface area contributed by atoms with Crippen LogP contribution in [0.3, 0.4) is 0 Å². The highest BCUT2D eigenvalue weighted by molar-refractivity contribution is 5.85. The Morgan fingerprint density at radius 2 is 2.05 bits per heavy atom. The first-order valence-corrected chi connectivity index (χ1v) is 6.85. The fourth-order valence-electron chi connectivity index (χ4n) is 2.33. The first-order chi connectivity index (χ1) is 9.29. The molecule has 1 aromatic carbocycles. The van der Waals surface area contributed by atoms with Crippen molar-refractivity contribution in [3.05, 3.63) is 35.4 Å². The van der Waals surface area contributed by atoms with Crippen molar-refractivity contribution in [3.63, 3.8) is 0 Å². The van der Waals surface area contributed by atoms with Crippen LogP contribution >= 0.6 is 12.4 Å². The maximum atomic E-state index is 12.0. The maximum Gasteiger partial charge on any atom is 0.224 e. The topological polar surface area (TPSA) is 50.4 Å². The van der Waals surface area contributed by atoms with E-state index in [1.54, 1.807) is 7.11 Å². The molecule has 1 saturated heterocycles. The monoisotopic (exact) mass is 298 g/mol. The zero-order chi connectivity index (χ0) is 13.5. The average Bonchev–Trinajstić information content (AvgIpc) is 2.47. The number of methoxy groups -OCH3 is 1. The summed E-state index contributed by atoms with van der Waals surface area (Å²) in [5.41, 5.74) is 2.27. The molecular formula is C15H23ClN2O2. The van der Waals surface area contributed by atoms with E-state index in [0.717, 1.165) is 37.1 Å². The Morgan fingerprint density at radius 1 is 1.35 bits per heavy atom. The van der Waals surface area contributed by atoms with Crippen LogP contribution in [0.4, 0.5) is 0 Å². The van der Waals surface area contributed by atoms with Crippen LogP contribution < -0.4 is 10.6 Å². The number of halogens is 1. The van der Waals surface area contributed by atoms with E-state index in [1.165, 1.54) is 0 Å². The molecule has 0 radical (unpaired) electrons. The Hall–Kier alpha value is -1.10. The van der Waals surface area contributed by atoms with Gasteiger partial charge in [-0.05, 0) is 30.5 Å². The molecule has 112 valence electrons. The van der Waals surface area contributed by atoms with Crippen LogP contribution in [-0.2, 0) is 22.7 Å². The van der Waals surface area contributed by atoms with E-state index in [1.807, 2.05) is 24.3 Å². The highest BCUT2D eigenvalue weighted by Gasteiger charge is 2.20. The van der Waals surface area contributed by atoms with Crippen molar-refractivity contribution < 1.29 is 9.53 Å². The number of rotatable bonds is 5. The van der Waals surface area contributed by atoms with Gasteiger partial charge in [0.25, 0.3) is 0 Å². The number of amides is 1. The lowest BCUT2D eigenvalue weighted by atomic mass is 9.99. The van der Waals surface area contributed by atoms with Crippen molar-refractivity contribution in [3.8, 4) is 0 Å². The van der Waals surface area contributed by atoms with Crippen LogP contribution in [-0.4, -0.2) is 26.1 Å². The number of piperidine rings is 1. The fraction of sp³-hybridized carbons (Fsp3) is 0.533. The fourth-order valence-corrected chi connectivity index (χ4v) is 2.33. The third-order valence-electron chi connectivity index (χ3n) is 3.47. The maximum absolute atomic E-state index is 12.0. The number of benzene rings is 1. The summed E-state index contributed by atoms with van der Waals surface area (Å²) in [7, 11) is 1.69. The highest BCUT2D eigenvalue weighted by atomic mass is 35.5. The van der Waals surface area contributed by atoms with Gasteiger partial charge in [-0.25, -0.2) is 0 Å². The molecule has 20 heavy (non-hydrogen) atoms. The molecule has 1 aliphatic heterocycles. The van der Waals surface area contributed by atoms with E-state index in [-0.39, 0.29) is 24.2 Å². The van der Waals surface area contributed by atoms with E-state index in [9.17, 15) is 4.79 Å². The standard InChI is InChI=1S/C15H22N2O2.ClH/c1-19-11-13-6-4-12(5-7-13)9-17-15(18)14-3-2-8-16-10-14;/h4-7,14,16H,2-3,8-11H2,1H3,(H,17,18);1H. The second-order valence-electron chi connectivity index (χ2n) is 5.01. The van der Waals surface area contributed by atoms with Crippen LogP contribution in [0.1, 0.15) is 24.0 Å². The van der Waals surface area contributed by atoms with Crippen LogP contribution in [0.2, 0.25) is 0 Å². The Bertz CT molecular complexity index is 403. The first-order valence-electron chi connectivity index (χ1n) is 6.85. The molecule has 0 aliphatic carbocycles. The van der Waals surface area contributed by atoms with Crippen LogP contribution in [0.15, 0.2) is 24.3 Å². The molecule has 1 aliphatic rings. The van der Waals surface area contributed by atoms with Gasteiger partial charge >= 0.3 is 0 Å². The van der Waals surface area contributed by atoms with Crippen molar-refractivity contribution in [2.45, 2.75) is 26.0 Å². The van der Waals surface area contributed by atoms with Gasteiger partial charge < -0.3 is 15.4 Å². The Balaban J connectivity index is 0.00000200. The normalized spacial score (nSPS) is 18.1. The SMILES string of the molecule is COCc1ccc(CNC(=O)C2CCCNC2)cc1.Cl. The summed E-state index contributed by atoms with van der Waals surface area (Å²) in [5, 5.41) is 6.27. The molecule has 4 nitrogen and oxygen atoms in total. The van der Waals surface area contributed by atoms with Crippen LogP contribution in [0, 0.1) is 5.92 Å². The van der Waals surface area contributed by atoms with Gasteiger partial charge in [-0.1, -0.05) is 24.3 Å². The molecule has 1 unspecified atom stereocenters. The Labute approximate surface area is 126 Å². The van der Waals surface area contributed by atoms with Crippen molar-refractivity contribution >= 4 is 18.3 Å². The number of ether oxygens (including phenoxy) is 1.